The minimum Gasteiger partial charge on any atom is -0.287 e. The zero-order valence-corrected chi connectivity index (χ0v) is 17.3. The van der Waals surface area contributed by atoms with Crippen molar-refractivity contribution in [2.75, 3.05) is 0 Å². The van der Waals surface area contributed by atoms with Gasteiger partial charge in [0.05, 0.1) is 5.52 Å². The fourth-order valence-corrected chi connectivity index (χ4v) is 3.37. The van der Waals surface area contributed by atoms with Crippen molar-refractivity contribution >= 4 is 40.5 Å². The molecule has 3 aromatic rings. The number of Topliss-reactive ketones (excluding diaryl/α,β-unsaturated/α-hetero) is 1. The number of nitrogens with zero attached hydrogens (tertiary/aromatic N) is 2. The molecule has 0 aliphatic rings. The van der Waals surface area contributed by atoms with E-state index < -0.39 is 17.6 Å². The summed E-state index contributed by atoms with van der Waals surface area (Å²) in [5, 5.41) is 0.731. The van der Waals surface area contributed by atoms with Crippen LogP contribution in [0.3, 0.4) is 0 Å². The fourth-order valence-electron chi connectivity index (χ4n) is 3.37. The minimum atomic E-state index is -0.565. The van der Waals surface area contributed by atoms with Crippen LogP contribution in [0, 0.1) is 6.92 Å². The normalized spacial score (nSPS) is 11.4. The van der Waals surface area contributed by atoms with Crippen molar-refractivity contribution in [3.8, 4) is 0 Å². The smallest absolute Gasteiger partial charge is 0.230 e. The number of benzene rings is 2. The predicted octanol–water partition coefficient (Wildman–Crippen LogP) is 4.23. The lowest BCUT2D eigenvalue weighted by atomic mass is 10.0. The van der Waals surface area contributed by atoms with Gasteiger partial charge in [0.1, 0.15) is 5.70 Å². The van der Waals surface area contributed by atoms with E-state index in [2.05, 4.69) is 0 Å². The topological polar surface area (TPSA) is 76.5 Å². The van der Waals surface area contributed by atoms with E-state index in [-0.39, 0.29) is 11.6 Å². The monoisotopic (exact) mass is 402 g/mol. The van der Waals surface area contributed by atoms with Crippen LogP contribution < -0.4 is 0 Å². The van der Waals surface area contributed by atoms with Crippen molar-refractivity contribution in [3.05, 3.63) is 77.1 Å². The van der Waals surface area contributed by atoms with E-state index in [4.69, 9.17) is 0 Å². The lowest BCUT2D eigenvalue weighted by molar-refractivity contribution is -0.139. The number of aryl methyl sites for hydroxylation is 1. The Hall–Kier alpha value is -3.80. The molecule has 0 bridgehead atoms. The summed E-state index contributed by atoms with van der Waals surface area (Å²) in [4.78, 5) is 50.7. The zero-order chi connectivity index (χ0) is 22.0. The van der Waals surface area contributed by atoms with E-state index in [9.17, 15) is 19.2 Å². The van der Waals surface area contributed by atoms with Crippen LogP contribution in [0.1, 0.15) is 47.1 Å². The highest BCUT2D eigenvalue weighted by Crippen LogP contribution is 2.26. The van der Waals surface area contributed by atoms with Crippen LogP contribution in [0.25, 0.3) is 17.0 Å². The lowest BCUT2D eigenvalue weighted by Gasteiger charge is -2.20. The maximum atomic E-state index is 13.3. The first-order valence-corrected chi connectivity index (χ1v) is 9.46. The van der Waals surface area contributed by atoms with Crippen LogP contribution >= 0.6 is 0 Å². The Bertz CT molecular complexity index is 1190. The van der Waals surface area contributed by atoms with Crippen LogP contribution in [0.15, 0.2) is 60.4 Å². The summed E-state index contributed by atoms with van der Waals surface area (Å²) in [5.74, 6) is -1.78. The van der Waals surface area contributed by atoms with E-state index in [1.807, 2.05) is 25.1 Å². The first kappa shape index (κ1) is 20.9. The van der Waals surface area contributed by atoms with Gasteiger partial charge in [-0.3, -0.25) is 23.7 Å². The van der Waals surface area contributed by atoms with Gasteiger partial charge in [-0.1, -0.05) is 48.0 Å². The second kappa shape index (κ2) is 8.29. The molecule has 1 aromatic heterocycles. The maximum absolute atomic E-state index is 13.3. The lowest BCUT2D eigenvalue weighted by Crippen LogP contribution is -2.35. The number of para-hydroxylation sites is 1. The largest absolute Gasteiger partial charge is 0.287 e. The predicted molar refractivity (Wildman–Crippen MR) is 115 cm³/mol. The van der Waals surface area contributed by atoms with Crippen molar-refractivity contribution in [2.45, 2.75) is 27.7 Å². The second-order valence-electron chi connectivity index (χ2n) is 7.09. The maximum Gasteiger partial charge on any atom is 0.230 e. The van der Waals surface area contributed by atoms with Gasteiger partial charge in [0.2, 0.25) is 23.5 Å². The summed E-state index contributed by atoms with van der Waals surface area (Å²) < 4.78 is 1.47. The van der Waals surface area contributed by atoms with Crippen molar-refractivity contribution in [2.24, 2.45) is 0 Å². The number of rotatable bonds is 4. The van der Waals surface area contributed by atoms with Gasteiger partial charge in [0.15, 0.2) is 0 Å². The minimum absolute atomic E-state index is 0.0645. The number of amides is 2. The molecule has 0 saturated carbocycles. The van der Waals surface area contributed by atoms with Crippen LogP contribution in [0.2, 0.25) is 0 Å². The molecule has 6 heteroatoms. The summed E-state index contributed by atoms with van der Waals surface area (Å²) in [6.45, 7) is 5.81. The molecule has 2 aromatic carbocycles. The number of ketones is 1. The van der Waals surface area contributed by atoms with Crippen LogP contribution in [-0.2, 0) is 9.59 Å². The Kier molecular flexibility index (Phi) is 5.78. The standard InChI is InChI=1S/C24H22N2O4/c1-15-9-11-19(12-10-15)24(30)23(26(17(3)28)18(4)29)13-20-14-25(16(2)27)22-8-6-5-7-21(20)22/h5-14H,1-4H3/b23-13-. The van der Waals surface area contributed by atoms with E-state index in [0.29, 0.717) is 16.6 Å². The van der Waals surface area contributed by atoms with E-state index >= 15 is 0 Å². The summed E-state index contributed by atoms with van der Waals surface area (Å²) in [7, 11) is 0. The van der Waals surface area contributed by atoms with Gasteiger partial charge >= 0.3 is 0 Å². The molecule has 0 atom stereocenters. The number of hydrogen-bond acceptors (Lipinski definition) is 4. The fraction of sp³-hybridized carbons (Fsp3) is 0.167. The van der Waals surface area contributed by atoms with Crippen molar-refractivity contribution in [3.63, 3.8) is 0 Å². The molecule has 6 nitrogen and oxygen atoms in total. The Labute approximate surface area is 174 Å². The van der Waals surface area contributed by atoms with Crippen LogP contribution in [0.5, 0.6) is 0 Å². The number of allylic oxidation sites excluding steroid dienone is 1. The first-order chi connectivity index (χ1) is 14.2. The van der Waals surface area contributed by atoms with Gasteiger partial charge in [-0.05, 0) is 19.1 Å². The Balaban J connectivity index is 2.26. The van der Waals surface area contributed by atoms with Gasteiger partial charge < -0.3 is 0 Å². The molecule has 0 spiro atoms. The van der Waals surface area contributed by atoms with Gasteiger partial charge in [0.25, 0.3) is 0 Å². The summed E-state index contributed by atoms with van der Waals surface area (Å²) in [6.07, 6.45) is 3.10. The van der Waals surface area contributed by atoms with Gasteiger partial charge in [-0.2, -0.15) is 0 Å². The Morgan fingerprint density at radius 2 is 1.47 bits per heavy atom. The third kappa shape index (κ3) is 3.98. The second-order valence-corrected chi connectivity index (χ2v) is 7.09. The molecule has 3 rings (SSSR count). The van der Waals surface area contributed by atoms with Crippen molar-refractivity contribution < 1.29 is 19.2 Å². The molecule has 152 valence electrons. The number of aromatic nitrogens is 1. The summed E-state index contributed by atoms with van der Waals surface area (Å²) in [6, 6.07) is 14.1. The van der Waals surface area contributed by atoms with Crippen molar-refractivity contribution in [1.82, 2.24) is 9.47 Å². The molecular formula is C24H22N2O4. The molecular weight excluding hydrogens is 380 g/mol. The first-order valence-electron chi connectivity index (χ1n) is 9.46. The average molecular weight is 402 g/mol. The molecule has 2 amide bonds. The molecule has 0 saturated heterocycles. The zero-order valence-electron chi connectivity index (χ0n) is 17.3. The molecule has 0 aliphatic carbocycles. The molecule has 0 aliphatic heterocycles. The van der Waals surface area contributed by atoms with E-state index in [1.165, 1.54) is 31.4 Å². The number of fused-ring (bicyclic) bond motifs is 1. The van der Waals surface area contributed by atoms with Crippen molar-refractivity contribution in [1.29, 1.82) is 0 Å². The average Bonchev–Trinajstić information content (AvgIpc) is 3.06. The highest BCUT2D eigenvalue weighted by Gasteiger charge is 2.26. The molecule has 0 N–H and O–H groups in total. The van der Waals surface area contributed by atoms with E-state index in [1.54, 1.807) is 36.5 Å². The molecule has 0 fully saturated rings. The molecule has 0 unspecified atom stereocenters. The third-order valence-electron chi connectivity index (χ3n) is 4.79. The number of carbonyl (C=O) groups excluding carboxylic acids is 4. The van der Waals surface area contributed by atoms with Crippen LogP contribution in [-0.4, -0.2) is 33.0 Å². The van der Waals surface area contributed by atoms with Gasteiger partial charge in [-0.15, -0.1) is 0 Å². The van der Waals surface area contributed by atoms with Gasteiger partial charge in [0, 0.05) is 43.5 Å². The van der Waals surface area contributed by atoms with Crippen LogP contribution in [0.4, 0.5) is 0 Å². The van der Waals surface area contributed by atoms with Gasteiger partial charge in [-0.25, -0.2) is 4.90 Å². The number of carbonyl (C=O) groups is 4. The van der Waals surface area contributed by atoms with E-state index in [0.717, 1.165) is 15.8 Å². The molecule has 30 heavy (non-hydrogen) atoms. The number of imide groups is 1. The quantitative estimate of drug-likeness (QED) is 0.483. The highest BCUT2D eigenvalue weighted by molar-refractivity contribution is 6.17. The number of hydrogen-bond donors (Lipinski definition) is 0. The Morgan fingerprint density at radius 3 is 2.03 bits per heavy atom. The molecule has 1 heterocycles. The highest BCUT2D eigenvalue weighted by atomic mass is 16.2. The molecule has 0 radical (unpaired) electrons. The summed E-state index contributed by atoms with van der Waals surface area (Å²) in [5.41, 5.74) is 2.51. The third-order valence-corrected chi connectivity index (χ3v) is 4.79. The SMILES string of the molecule is CC(=O)N(C(C)=O)/C(=C\c1cn(C(C)=O)c2ccccc12)C(=O)c1ccc(C)cc1. The summed E-state index contributed by atoms with van der Waals surface area (Å²) >= 11 is 0. The Morgan fingerprint density at radius 1 is 0.867 bits per heavy atom.